The number of methoxy groups -OCH3 is 1. The van der Waals surface area contributed by atoms with Gasteiger partial charge in [-0.25, -0.2) is 9.97 Å². The molecule has 0 bridgehead atoms. The molecule has 0 spiro atoms. The van der Waals surface area contributed by atoms with E-state index in [2.05, 4.69) is 16.9 Å². The minimum Gasteiger partial charge on any atom is -0.373 e. The third kappa shape index (κ3) is 3.54. The molecule has 1 rings (SSSR count). The number of hydrogen-bond acceptors (Lipinski definition) is 3. The minimum absolute atomic E-state index is 0.142. The van der Waals surface area contributed by atoms with E-state index in [1.54, 1.807) is 7.11 Å². The molecule has 0 fully saturated rings. The van der Waals surface area contributed by atoms with Crippen molar-refractivity contribution in [2.45, 2.75) is 45.6 Å². The highest BCUT2D eigenvalue weighted by Gasteiger charge is 2.19. The highest BCUT2D eigenvalue weighted by atomic mass is 35.5. The summed E-state index contributed by atoms with van der Waals surface area (Å²) in [5.41, 5.74) is 0.795. The smallest absolute Gasteiger partial charge is 0.160 e. The minimum atomic E-state index is -0.142. The maximum Gasteiger partial charge on any atom is 0.160 e. The van der Waals surface area contributed by atoms with E-state index in [9.17, 15) is 0 Å². The van der Waals surface area contributed by atoms with Crippen LogP contribution in [0, 0.1) is 0 Å². The van der Waals surface area contributed by atoms with E-state index in [0.29, 0.717) is 16.1 Å². The van der Waals surface area contributed by atoms with Crippen LogP contribution in [-0.4, -0.2) is 17.1 Å². The summed E-state index contributed by atoms with van der Waals surface area (Å²) in [5, 5.41) is 0.848. The molecule has 0 amide bonds. The van der Waals surface area contributed by atoms with Crippen LogP contribution < -0.4 is 0 Å². The largest absolute Gasteiger partial charge is 0.373 e. The molecule has 0 N–H and O–H groups in total. The molecule has 0 aromatic carbocycles. The number of nitrogens with zero attached hydrogens (tertiary/aromatic N) is 2. The summed E-state index contributed by atoms with van der Waals surface area (Å²) in [4.78, 5) is 8.58. The Morgan fingerprint density at radius 2 is 1.71 bits per heavy atom. The van der Waals surface area contributed by atoms with Crippen LogP contribution in [0.3, 0.4) is 0 Å². The van der Waals surface area contributed by atoms with E-state index < -0.39 is 0 Å². The summed E-state index contributed by atoms with van der Waals surface area (Å²) in [5.74, 6) is 0.768. The van der Waals surface area contributed by atoms with Crippen LogP contribution >= 0.6 is 23.2 Å². The first-order valence-corrected chi connectivity index (χ1v) is 6.52. The van der Waals surface area contributed by atoms with Crippen molar-refractivity contribution in [2.24, 2.45) is 0 Å². The van der Waals surface area contributed by atoms with Crippen molar-refractivity contribution in [1.29, 1.82) is 0 Å². The first kappa shape index (κ1) is 14.7. The van der Waals surface area contributed by atoms with Gasteiger partial charge in [0.2, 0.25) is 0 Å². The topological polar surface area (TPSA) is 35.0 Å². The lowest BCUT2D eigenvalue weighted by molar-refractivity contribution is 0.0875. The summed E-state index contributed by atoms with van der Waals surface area (Å²) in [6, 6.07) is 0. The molecule has 1 heterocycles. The van der Waals surface area contributed by atoms with E-state index in [0.717, 1.165) is 18.4 Å². The second-order valence-electron chi connectivity index (χ2n) is 4.24. The van der Waals surface area contributed by atoms with Gasteiger partial charge in [0.05, 0.1) is 0 Å². The summed E-state index contributed by atoms with van der Waals surface area (Å²) < 4.78 is 5.34. The summed E-state index contributed by atoms with van der Waals surface area (Å²) >= 11 is 12.3. The number of ether oxygens (including phenoxy) is 1. The molecule has 0 aliphatic rings. The Hall–Kier alpha value is -0.380. The Labute approximate surface area is 113 Å². The van der Waals surface area contributed by atoms with Gasteiger partial charge in [0.25, 0.3) is 0 Å². The van der Waals surface area contributed by atoms with Gasteiger partial charge < -0.3 is 4.74 Å². The fraction of sp³-hybridized carbons (Fsp3) is 0.667. The Balaban J connectivity index is 3.12. The van der Waals surface area contributed by atoms with Gasteiger partial charge in [-0.1, -0.05) is 50.4 Å². The molecule has 0 saturated heterocycles. The van der Waals surface area contributed by atoms with Crippen LogP contribution in [0.4, 0.5) is 0 Å². The molecule has 0 radical (unpaired) electrons. The zero-order valence-electron chi connectivity index (χ0n) is 10.6. The molecule has 5 heteroatoms. The average molecular weight is 277 g/mol. The Morgan fingerprint density at radius 3 is 2.06 bits per heavy atom. The number of hydrogen-bond donors (Lipinski definition) is 0. The van der Waals surface area contributed by atoms with Crippen molar-refractivity contribution in [3.05, 3.63) is 21.7 Å². The molecule has 0 aliphatic carbocycles. The summed E-state index contributed by atoms with van der Waals surface area (Å²) in [6.45, 7) is 6.10. The normalized spacial score (nSPS) is 13.1. The van der Waals surface area contributed by atoms with Crippen LogP contribution in [-0.2, 0) is 4.74 Å². The van der Waals surface area contributed by atoms with Crippen molar-refractivity contribution < 1.29 is 4.74 Å². The SMILES string of the molecule is CCCC(OC)c1nc(Cl)c(C(C)C)c(Cl)n1. The number of aromatic nitrogens is 2. The number of halogens is 2. The first-order valence-electron chi connectivity index (χ1n) is 5.76. The molecule has 1 atom stereocenters. The highest BCUT2D eigenvalue weighted by Crippen LogP contribution is 2.31. The Bertz CT molecular complexity index is 360. The molecule has 96 valence electrons. The van der Waals surface area contributed by atoms with Crippen LogP contribution in [0.5, 0.6) is 0 Å². The first-order chi connectivity index (χ1) is 8.01. The van der Waals surface area contributed by atoms with E-state index >= 15 is 0 Å². The van der Waals surface area contributed by atoms with E-state index in [1.165, 1.54) is 0 Å². The molecular weight excluding hydrogens is 259 g/mol. The van der Waals surface area contributed by atoms with E-state index in [-0.39, 0.29) is 12.0 Å². The van der Waals surface area contributed by atoms with Crippen LogP contribution in [0.15, 0.2) is 0 Å². The zero-order chi connectivity index (χ0) is 13.0. The van der Waals surface area contributed by atoms with Crippen molar-refractivity contribution in [3.63, 3.8) is 0 Å². The van der Waals surface area contributed by atoms with Gasteiger partial charge in [-0.05, 0) is 12.3 Å². The summed E-state index contributed by atoms with van der Waals surface area (Å²) in [7, 11) is 1.64. The predicted octanol–water partition coefficient (Wildman–Crippen LogP) is 4.39. The fourth-order valence-electron chi connectivity index (χ4n) is 1.67. The second-order valence-corrected chi connectivity index (χ2v) is 4.96. The molecule has 0 saturated carbocycles. The van der Waals surface area contributed by atoms with Crippen LogP contribution in [0.2, 0.25) is 10.3 Å². The third-order valence-corrected chi connectivity index (χ3v) is 3.15. The Kier molecular flexibility index (Phi) is 5.63. The second kappa shape index (κ2) is 6.53. The molecule has 1 unspecified atom stereocenters. The predicted molar refractivity (Wildman–Crippen MR) is 70.8 cm³/mol. The standard InChI is InChI=1S/C12H18Cl2N2O/c1-5-6-8(17-4)12-15-10(13)9(7(2)3)11(14)16-12/h7-8H,5-6H2,1-4H3. The van der Waals surface area contributed by atoms with Crippen molar-refractivity contribution >= 4 is 23.2 Å². The van der Waals surface area contributed by atoms with Crippen molar-refractivity contribution in [3.8, 4) is 0 Å². The molecule has 1 aromatic rings. The molecule has 3 nitrogen and oxygen atoms in total. The Morgan fingerprint density at radius 1 is 1.18 bits per heavy atom. The number of rotatable bonds is 5. The van der Waals surface area contributed by atoms with Gasteiger partial charge in [-0.2, -0.15) is 0 Å². The van der Waals surface area contributed by atoms with E-state index in [4.69, 9.17) is 27.9 Å². The zero-order valence-corrected chi connectivity index (χ0v) is 12.1. The fourth-order valence-corrected chi connectivity index (χ4v) is 2.50. The van der Waals surface area contributed by atoms with Gasteiger partial charge in [0.15, 0.2) is 5.82 Å². The molecule has 17 heavy (non-hydrogen) atoms. The van der Waals surface area contributed by atoms with Gasteiger partial charge in [0, 0.05) is 12.7 Å². The lowest BCUT2D eigenvalue weighted by Crippen LogP contribution is -2.09. The third-order valence-electron chi connectivity index (χ3n) is 2.57. The average Bonchev–Trinajstić information content (AvgIpc) is 2.24. The van der Waals surface area contributed by atoms with Crippen LogP contribution in [0.1, 0.15) is 57.0 Å². The molecule has 0 aliphatic heterocycles. The quantitative estimate of drug-likeness (QED) is 0.748. The maximum atomic E-state index is 6.14. The highest BCUT2D eigenvalue weighted by molar-refractivity contribution is 6.34. The molecule has 1 aromatic heterocycles. The van der Waals surface area contributed by atoms with E-state index in [1.807, 2.05) is 13.8 Å². The van der Waals surface area contributed by atoms with Crippen molar-refractivity contribution in [2.75, 3.05) is 7.11 Å². The van der Waals surface area contributed by atoms with Crippen LogP contribution in [0.25, 0.3) is 0 Å². The van der Waals surface area contributed by atoms with Gasteiger partial charge in [-0.15, -0.1) is 0 Å². The maximum absolute atomic E-state index is 6.14. The monoisotopic (exact) mass is 276 g/mol. The van der Waals surface area contributed by atoms with Gasteiger partial charge in [-0.3, -0.25) is 0 Å². The molecular formula is C12H18Cl2N2O. The lowest BCUT2D eigenvalue weighted by atomic mass is 10.1. The lowest BCUT2D eigenvalue weighted by Gasteiger charge is -2.16. The summed E-state index contributed by atoms with van der Waals surface area (Å²) in [6.07, 6.45) is 1.70. The van der Waals surface area contributed by atoms with Crippen molar-refractivity contribution in [1.82, 2.24) is 9.97 Å². The van der Waals surface area contributed by atoms with Gasteiger partial charge >= 0.3 is 0 Å². The van der Waals surface area contributed by atoms with Gasteiger partial charge in [0.1, 0.15) is 16.4 Å².